The van der Waals surface area contributed by atoms with Gasteiger partial charge in [-0.1, -0.05) is 24.3 Å². The molecular formula is C34H34F6O3. The number of ether oxygens (including phenoxy) is 2. The Morgan fingerprint density at radius 1 is 0.605 bits per heavy atom. The maximum absolute atomic E-state index is 15.2. The van der Waals surface area contributed by atoms with Crippen LogP contribution in [0.1, 0.15) is 98.3 Å². The largest absolute Gasteiger partial charge is 0.491 e. The molecule has 3 aromatic carbocycles. The Labute approximate surface area is 247 Å². The number of hydrogen-bond donors (Lipinski definition) is 0. The first-order chi connectivity index (χ1) is 20.6. The Kier molecular flexibility index (Phi) is 9.37. The summed E-state index contributed by atoms with van der Waals surface area (Å²) in [5, 5.41) is 0. The Morgan fingerprint density at radius 2 is 1.02 bits per heavy atom. The molecular weight excluding hydrogens is 570 g/mol. The molecule has 0 unspecified atom stereocenters. The number of esters is 1. The quantitative estimate of drug-likeness (QED) is 0.153. The van der Waals surface area contributed by atoms with Crippen LogP contribution in [0.3, 0.4) is 0 Å². The molecule has 9 heteroatoms. The van der Waals surface area contributed by atoms with Crippen LogP contribution < -0.4 is 9.47 Å². The fourth-order valence-electron chi connectivity index (χ4n) is 6.59. The van der Waals surface area contributed by atoms with Crippen LogP contribution in [-0.2, 0) is 4.79 Å². The molecule has 2 saturated carbocycles. The van der Waals surface area contributed by atoms with Crippen LogP contribution >= 0.6 is 0 Å². The molecule has 230 valence electrons. The van der Waals surface area contributed by atoms with Crippen molar-refractivity contribution >= 4 is 5.97 Å². The average Bonchev–Trinajstić information content (AvgIpc) is 3.01. The van der Waals surface area contributed by atoms with Gasteiger partial charge in [0, 0.05) is 0 Å². The third-order valence-electron chi connectivity index (χ3n) is 9.08. The summed E-state index contributed by atoms with van der Waals surface area (Å²) >= 11 is 0. The molecule has 0 radical (unpaired) electrons. The zero-order valence-electron chi connectivity index (χ0n) is 24.1. The van der Waals surface area contributed by atoms with Crippen LogP contribution in [-0.4, -0.2) is 12.6 Å². The molecule has 0 spiro atoms. The molecule has 0 N–H and O–H groups in total. The normalized spacial score (nSPS) is 22.3. The van der Waals surface area contributed by atoms with E-state index in [0.717, 1.165) is 0 Å². The number of halogens is 6. The summed E-state index contributed by atoms with van der Waals surface area (Å²) in [5.41, 5.74) is 0.910. The van der Waals surface area contributed by atoms with E-state index in [4.69, 9.17) is 9.47 Å². The first-order valence-corrected chi connectivity index (χ1v) is 14.8. The van der Waals surface area contributed by atoms with Gasteiger partial charge in [0.05, 0.1) is 12.5 Å². The second-order valence-electron chi connectivity index (χ2n) is 11.6. The lowest BCUT2D eigenvalue weighted by Gasteiger charge is -2.30. The summed E-state index contributed by atoms with van der Waals surface area (Å²) in [4.78, 5) is 12.8. The van der Waals surface area contributed by atoms with Crippen molar-refractivity contribution in [3.8, 4) is 11.5 Å². The monoisotopic (exact) mass is 604 g/mol. The minimum absolute atomic E-state index is 0.141. The Balaban J connectivity index is 1.18. The maximum atomic E-state index is 15.2. The van der Waals surface area contributed by atoms with Crippen molar-refractivity contribution in [3.63, 3.8) is 0 Å². The third-order valence-corrected chi connectivity index (χ3v) is 9.08. The van der Waals surface area contributed by atoms with Crippen LogP contribution in [0, 0.1) is 47.7 Å². The molecule has 43 heavy (non-hydrogen) atoms. The molecule has 2 aliphatic carbocycles. The highest BCUT2D eigenvalue weighted by molar-refractivity contribution is 5.75. The molecule has 0 heterocycles. The lowest BCUT2D eigenvalue weighted by atomic mass is 9.76. The van der Waals surface area contributed by atoms with E-state index in [1.165, 1.54) is 37.3 Å². The molecule has 0 aliphatic heterocycles. The van der Waals surface area contributed by atoms with Gasteiger partial charge in [0.15, 0.2) is 34.8 Å². The Morgan fingerprint density at radius 3 is 1.53 bits per heavy atom. The van der Waals surface area contributed by atoms with Gasteiger partial charge in [-0.25, -0.2) is 17.6 Å². The SMILES string of the molecule is CCOc1ccc(C2CCC(c3ccc(OC(=O)C4CCC(c5ccc(C)c(F)c5F)CC4)c(F)c3F)CC2)c(F)c1F. The van der Waals surface area contributed by atoms with Crippen LogP contribution in [0.5, 0.6) is 11.5 Å². The van der Waals surface area contributed by atoms with Crippen molar-refractivity contribution in [2.45, 2.75) is 83.0 Å². The van der Waals surface area contributed by atoms with E-state index >= 15 is 8.78 Å². The molecule has 0 saturated heterocycles. The first-order valence-electron chi connectivity index (χ1n) is 14.8. The number of benzene rings is 3. The van der Waals surface area contributed by atoms with Gasteiger partial charge in [-0.15, -0.1) is 0 Å². The van der Waals surface area contributed by atoms with Gasteiger partial charge < -0.3 is 9.47 Å². The van der Waals surface area contributed by atoms with Gasteiger partial charge in [0.2, 0.25) is 11.6 Å². The zero-order valence-corrected chi connectivity index (χ0v) is 24.1. The predicted octanol–water partition coefficient (Wildman–Crippen LogP) is 9.55. The fraction of sp³-hybridized carbons (Fsp3) is 0.441. The highest BCUT2D eigenvalue weighted by Gasteiger charge is 2.33. The predicted molar refractivity (Wildman–Crippen MR) is 149 cm³/mol. The van der Waals surface area contributed by atoms with Gasteiger partial charge in [0.25, 0.3) is 0 Å². The van der Waals surface area contributed by atoms with E-state index in [2.05, 4.69) is 0 Å². The third kappa shape index (κ3) is 6.27. The lowest BCUT2D eigenvalue weighted by molar-refractivity contribution is -0.140. The number of hydrogen-bond acceptors (Lipinski definition) is 3. The molecule has 0 amide bonds. The van der Waals surface area contributed by atoms with Crippen molar-refractivity contribution in [1.82, 2.24) is 0 Å². The van der Waals surface area contributed by atoms with Crippen molar-refractivity contribution < 1.29 is 40.6 Å². The first kappa shape index (κ1) is 31.0. The van der Waals surface area contributed by atoms with Gasteiger partial charge in [0.1, 0.15) is 0 Å². The molecule has 3 nitrogen and oxygen atoms in total. The summed E-state index contributed by atoms with van der Waals surface area (Å²) in [6, 6.07) is 8.69. The van der Waals surface area contributed by atoms with Gasteiger partial charge >= 0.3 is 5.97 Å². The molecule has 2 fully saturated rings. The van der Waals surface area contributed by atoms with E-state index in [0.29, 0.717) is 51.4 Å². The molecule has 5 rings (SSSR count). The van der Waals surface area contributed by atoms with Crippen molar-refractivity contribution in [2.24, 2.45) is 5.92 Å². The van der Waals surface area contributed by atoms with E-state index in [1.54, 1.807) is 13.0 Å². The van der Waals surface area contributed by atoms with Crippen LogP contribution in [0.4, 0.5) is 26.3 Å². The topological polar surface area (TPSA) is 35.5 Å². The maximum Gasteiger partial charge on any atom is 0.314 e. The smallest absolute Gasteiger partial charge is 0.314 e. The van der Waals surface area contributed by atoms with Crippen LogP contribution in [0.2, 0.25) is 0 Å². The van der Waals surface area contributed by atoms with Crippen molar-refractivity contribution in [3.05, 3.63) is 93.6 Å². The number of rotatable bonds is 7. The minimum Gasteiger partial charge on any atom is -0.491 e. The van der Waals surface area contributed by atoms with Gasteiger partial charge in [-0.2, -0.15) is 8.78 Å². The highest BCUT2D eigenvalue weighted by atomic mass is 19.2. The van der Waals surface area contributed by atoms with E-state index < -0.39 is 52.5 Å². The molecule has 2 aliphatic rings. The number of carbonyl (C=O) groups excluding carboxylic acids is 1. The zero-order chi connectivity index (χ0) is 30.8. The summed E-state index contributed by atoms with van der Waals surface area (Å²) in [6.07, 6.45) is 3.40. The molecule has 0 atom stereocenters. The lowest BCUT2D eigenvalue weighted by Crippen LogP contribution is -2.26. The number of carbonyl (C=O) groups is 1. The molecule has 3 aromatic rings. The summed E-state index contributed by atoms with van der Waals surface area (Å²) in [6.45, 7) is 3.38. The average molecular weight is 605 g/mol. The second kappa shape index (κ2) is 13.0. The van der Waals surface area contributed by atoms with E-state index in [-0.39, 0.29) is 52.4 Å². The second-order valence-corrected chi connectivity index (χ2v) is 11.6. The molecule has 0 aromatic heterocycles. The van der Waals surface area contributed by atoms with Gasteiger partial charge in [-0.05, 0) is 117 Å². The Bertz CT molecular complexity index is 1490. The van der Waals surface area contributed by atoms with Gasteiger partial charge in [-0.3, -0.25) is 4.79 Å². The van der Waals surface area contributed by atoms with Crippen molar-refractivity contribution in [2.75, 3.05) is 6.61 Å². The minimum atomic E-state index is -1.25. The molecule has 0 bridgehead atoms. The van der Waals surface area contributed by atoms with Crippen LogP contribution in [0.25, 0.3) is 0 Å². The van der Waals surface area contributed by atoms with Crippen LogP contribution in [0.15, 0.2) is 36.4 Å². The number of aryl methyl sites for hydroxylation is 1. The summed E-state index contributed by atoms with van der Waals surface area (Å²) in [7, 11) is 0. The van der Waals surface area contributed by atoms with Crippen molar-refractivity contribution in [1.29, 1.82) is 0 Å². The highest BCUT2D eigenvalue weighted by Crippen LogP contribution is 2.44. The van der Waals surface area contributed by atoms with E-state index in [9.17, 15) is 22.4 Å². The fourth-order valence-corrected chi connectivity index (χ4v) is 6.59. The standard InChI is InChI=1S/C34H34F6O3/c1-3-42-26-16-14-24(30(37)32(26)39)19-5-7-20(8-6-19)25-15-17-27(33(40)31(25)38)43-34(41)22-11-9-21(10-12-22)23-13-4-18(2)28(35)29(23)36/h4,13-17,19-22H,3,5-12H2,1-2H3. The summed E-state index contributed by atoms with van der Waals surface area (Å²) < 4.78 is 98.1. The van der Waals surface area contributed by atoms with E-state index in [1.807, 2.05) is 0 Å². The Hall–Kier alpha value is -3.49. The summed E-state index contributed by atoms with van der Waals surface area (Å²) in [5.74, 6) is -8.77.